The molecule has 0 aromatic heterocycles. The number of halogens is 3. The number of anilines is 1. The van der Waals surface area contributed by atoms with E-state index in [0.29, 0.717) is 22.4 Å². The fourth-order valence-electron chi connectivity index (χ4n) is 3.81. The van der Waals surface area contributed by atoms with Crippen LogP contribution in [-0.4, -0.2) is 40.1 Å². The molecule has 0 radical (unpaired) electrons. The van der Waals surface area contributed by atoms with Crippen LogP contribution in [0.2, 0.25) is 0 Å². The van der Waals surface area contributed by atoms with Crippen molar-refractivity contribution >= 4 is 23.6 Å². The second-order valence-electron chi connectivity index (χ2n) is 8.82. The molecular weight excluding hydrogens is 453 g/mol. The zero-order chi connectivity index (χ0) is 25.6. The van der Waals surface area contributed by atoms with Gasteiger partial charge in [0.2, 0.25) is 0 Å². The summed E-state index contributed by atoms with van der Waals surface area (Å²) >= 11 is 0. The van der Waals surface area contributed by atoms with Crippen LogP contribution in [0.5, 0.6) is 5.75 Å². The molecular formula is C24H25F3N2O5. The predicted octanol–water partition coefficient (Wildman–Crippen LogP) is 4.84. The molecule has 1 aliphatic rings. The molecule has 1 saturated heterocycles. The summed E-state index contributed by atoms with van der Waals surface area (Å²) in [6.07, 6.45) is -4.51. The molecule has 1 aliphatic heterocycles. The summed E-state index contributed by atoms with van der Waals surface area (Å²) in [6, 6.07) is 6.08. The number of aryl methyl sites for hydroxylation is 3. The molecule has 2 aromatic rings. The molecule has 0 unspecified atom stereocenters. The molecule has 3 amide bonds. The Labute approximate surface area is 194 Å². The van der Waals surface area contributed by atoms with Crippen LogP contribution in [0.1, 0.15) is 41.7 Å². The Hall–Kier alpha value is -3.56. The van der Waals surface area contributed by atoms with Crippen LogP contribution in [-0.2, 0) is 22.3 Å². The van der Waals surface area contributed by atoms with Gasteiger partial charge in [0, 0.05) is 5.69 Å². The largest absolute Gasteiger partial charge is 0.478 e. The SMILES string of the molecule is Cc1cc(N2CC(=O)N(Cc3cc(C)c(OC(C)(C)C(=O)O)c(C)c3)C2=O)ccc1C(F)(F)F. The Morgan fingerprint density at radius 3 is 2.12 bits per heavy atom. The molecule has 1 fully saturated rings. The van der Waals surface area contributed by atoms with Crippen molar-refractivity contribution in [3.05, 3.63) is 58.1 Å². The van der Waals surface area contributed by atoms with Crippen LogP contribution in [0.25, 0.3) is 0 Å². The number of ether oxygens (including phenoxy) is 1. The van der Waals surface area contributed by atoms with Crippen molar-refractivity contribution in [1.29, 1.82) is 0 Å². The lowest BCUT2D eigenvalue weighted by Gasteiger charge is -2.25. The van der Waals surface area contributed by atoms with Gasteiger partial charge in [-0.2, -0.15) is 13.2 Å². The first kappa shape index (κ1) is 25.1. The number of hydrogen-bond donors (Lipinski definition) is 1. The smallest absolute Gasteiger partial charge is 0.416 e. The maximum absolute atomic E-state index is 13.0. The van der Waals surface area contributed by atoms with Crippen LogP contribution < -0.4 is 9.64 Å². The first-order valence-corrected chi connectivity index (χ1v) is 10.4. The first-order valence-electron chi connectivity index (χ1n) is 10.4. The highest BCUT2D eigenvalue weighted by molar-refractivity contribution is 6.12. The van der Waals surface area contributed by atoms with Crippen molar-refractivity contribution < 1.29 is 37.4 Å². The lowest BCUT2D eigenvalue weighted by Crippen LogP contribution is -2.38. The minimum Gasteiger partial charge on any atom is -0.478 e. The van der Waals surface area contributed by atoms with Gasteiger partial charge in [-0.15, -0.1) is 0 Å². The van der Waals surface area contributed by atoms with Gasteiger partial charge in [0.05, 0.1) is 12.1 Å². The van der Waals surface area contributed by atoms with Crippen molar-refractivity contribution in [2.75, 3.05) is 11.4 Å². The van der Waals surface area contributed by atoms with E-state index in [4.69, 9.17) is 4.74 Å². The number of carboxylic acids is 1. The molecule has 1 N–H and O–H groups in total. The zero-order valence-corrected chi connectivity index (χ0v) is 19.4. The summed E-state index contributed by atoms with van der Waals surface area (Å²) in [5.41, 5.74) is -0.184. The van der Waals surface area contributed by atoms with Gasteiger partial charge in [-0.05, 0) is 75.1 Å². The molecule has 0 spiro atoms. The normalized spacial score (nSPS) is 14.7. The highest BCUT2D eigenvalue weighted by atomic mass is 19.4. The van der Waals surface area contributed by atoms with Crippen molar-refractivity contribution in [2.24, 2.45) is 0 Å². The number of aliphatic carboxylic acids is 1. The minimum atomic E-state index is -4.51. The van der Waals surface area contributed by atoms with Gasteiger partial charge >= 0.3 is 18.2 Å². The standard InChI is InChI=1S/C24H25F3N2O5/c1-13-10-17(6-7-18(13)24(25,26)27)28-12-19(30)29(22(28)33)11-16-8-14(2)20(15(3)9-16)34-23(4,5)21(31)32/h6-10H,11-12H2,1-5H3,(H,31,32). The number of carbonyl (C=O) groups excluding carboxylic acids is 2. The van der Waals surface area contributed by atoms with Crippen molar-refractivity contribution in [3.8, 4) is 5.75 Å². The fraction of sp³-hybridized carbons (Fsp3) is 0.375. The lowest BCUT2D eigenvalue weighted by atomic mass is 10.0. The van der Waals surface area contributed by atoms with E-state index < -0.39 is 35.2 Å². The lowest BCUT2D eigenvalue weighted by molar-refractivity contribution is -0.152. The summed E-state index contributed by atoms with van der Waals surface area (Å²) in [6.45, 7) is 7.30. The number of hydrogen-bond acceptors (Lipinski definition) is 4. The maximum atomic E-state index is 13.0. The van der Waals surface area contributed by atoms with E-state index in [2.05, 4.69) is 0 Å². The van der Waals surface area contributed by atoms with Crippen LogP contribution in [0.4, 0.5) is 23.7 Å². The Bertz CT molecular complexity index is 1150. The van der Waals surface area contributed by atoms with Crippen molar-refractivity contribution in [1.82, 2.24) is 4.90 Å². The minimum absolute atomic E-state index is 0.0436. The number of nitrogens with zero attached hydrogens (tertiary/aromatic N) is 2. The van der Waals surface area contributed by atoms with E-state index in [1.165, 1.54) is 32.9 Å². The first-order chi connectivity index (χ1) is 15.6. The third-order valence-corrected chi connectivity index (χ3v) is 5.62. The number of carboxylic acid groups (broad SMARTS) is 1. The van der Waals surface area contributed by atoms with Gasteiger partial charge in [-0.3, -0.25) is 14.6 Å². The van der Waals surface area contributed by atoms with E-state index in [1.54, 1.807) is 26.0 Å². The number of alkyl halides is 3. The summed E-state index contributed by atoms with van der Waals surface area (Å²) in [5.74, 6) is -1.20. The van der Waals surface area contributed by atoms with E-state index in [0.717, 1.165) is 15.9 Å². The topological polar surface area (TPSA) is 87.2 Å². The molecule has 7 nitrogen and oxygen atoms in total. The summed E-state index contributed by atoms with van der Waals surface area (Å²) in [5, 5.41) is 9.31. The summed E-state index contributed by atoms with van der Waals surface area (Å²) < 4.78 is 44.8. The van der Waals surface area contributed by atoms with E-state index >= 15 is 0 Å². The molecule has 182 valence electrons. The van der Waals surface area contributed by atoms with E-state index in [-0.39, 0.29) is 24.3 Å². The van der Waals surface area contributed by atoms with Crippen LogP contribution in [0, 0.1) is 20.8 Å². The Kier molecular flexibility index (Phi) is 6.38. The van der Waals surface area contributed by atoms with Gasteiger partial charge in [0.15, 0.2) is 5.60 Å². The maximum Gasteiger partial charge on any atom is 0.416 e. The Morgan fingerprint density at radius 2 is 1.62 bits per heavy atom. The summed E-state index contributed by atoms with van der Waals surface area (Å²) in [4.78, 5) is 39.1. The van der Waals surface area contributed by atoms with Crippen LogP contribution in [0.3, 0.4) is 0 Å². The van der Waals surface area contributed by atoms with Gasteiger partial charge < -0.3 is 9.84 Å². The number of urea groups is 1. The van der Waals surface area contributed by atoms with E-state index in [1.807, 2.05) is 0 Å². The molecule has 1 heterocycles. The zero-order valence-electron chi connectivity index (χ0n) is 19.4. The highest BCUT2D eigenvalue weighted by Gasteiger charge is 2.38. The number of carbonyl (C=O) groups is 3. The average molecular weight is 478 g/mol. The highest BCUT2D eigenvalue weighted by Crippen LogP contribution is 2.35. The molecule has 34 heavy (non-hydrogen) atoms. The third-order valence-electron chi connectivity index (χ3n) is 5.62. The Balaban J connectivity index is 1.82. The van der Waals surface area contributed by atoms with Gasteiger partial charge in [0.25, 0.3) is 5.91 Å². The van der Waals surface area contributed by atoms with Crippen molar-refractivity contribution in [3.63, 3.8) is 0 Å². The summed E-state index contributed by atoms with van der Waals surface area (Å²) in [7, 11) is 0. The predicted molar refractivity (Wildman–Crippen MR) is 118 cm³/mol. The van der Waals surface area contributed by atoms with Crippen LogP contribution in [0.15, 0.2) is 30.3 Å². The van der Waals surface area contributed by atoms with Gasteiger partial charge in [-0.25, -0.2) is 9.59 Å². The molecule has 2 aromatic carbocycles. The third kappa shape index (κ3) is 4.85. The quantitative estimate of drug-likeness (QED) is 0.601. The van der Waals surface area contributed by atoms with Crippen LogP contribution >= 0.6 is 0 Å². The molecule has 10 heteroatoms. The molecule has 0 atom stereocenters. The number of imide groups is 1. The number of rotatable bonds is 6. The second kappa shape index (κ2) is 8.66. The molecule has 0 aliphatic carbocycles. The molecule has 3 rings (SSSR count). The monoisotopic (exact) mass is 478 g/mol. The van der Waals surface area contributed by atoms with Gasteiger partial charge in [-0.1, -0.05) is 12.1 Å². The second-order valence-corrected chi connectivity index (χ2v) is 8.82. The number of benzene rings is 2. The van der Waals surface area contributed by atoms with Crippen molar-refractivity contribution in [2.45, 2.75) is 52.9 Å². The fourth-order valence-corrected chi connectivity index (χ4v) is 3.81. The Morgan fingerprint density at radius 1 is 1.03 bits per heavy atom. The van der Waals surface area contributed by atoms with Gasteiger partial charge in [0.1, 0.15) is 12.3 Å². The average Bonchev–Trinajstić information content (AvgIpc) is 2.98. The van der Waals surface area contributed by atoms with E-state index in [9.17, 15) is 32.7 Å². The molecule has 0 bridgehead atoms. The number of amides is 3. The molecule has 0 saturated carbocycles.